The van der Waals surface area contributed by atoms with Gasteiger partial charge in [-0.3, -0.25) is 9.48 Å². The molecule has 0 aliphatic heterocycles. The minimum atomic E-state index is -0.866. The van der Waals surface area contributed by atoms with Crippen LogP contribution in [0.25, 0.3) is 0 Å². The van der Waals surface area contributed by atoms with E-state index < -0.39 is 5.60 Å². The van der Waals surface area contributed by atoms with Crippen LogP contribution in [0.15, 0.2) is 6.20 Å². The van der Waals surface area contributed by atoms with Crippen molar-refractivity contribution < 1.29 is 14.3 Å². The molecule has 5 nitrogen and oxygen atoms in total. The van der Waals surface area contributed by atoms with Crippen molar-refractivity contribution in [2.45, 2.75) is 39.8 Å². The molecule has 1 heterocycles. The van der Waals surface area contributed by atoms with Crippen LogP contribution in [0.1, 0.15) is 38.2 Å². The lowest BCUT2D eigenvalue weighted by Gasteiger charge is -2.23. The number of Topliss-reactive ketones (excluding diaryl/α,β-unsaturated/α-hetero) is 1. The molecule has 1 aromatic heterocycles. The Bertz CT molecular complexity index is 375. The molecule has 0 fully saturated rings. The lowest BCUT2D eigenvalue weighted by molar-refractivity contribution is 0.000273. The van der Waals surface area contributed by atoms with Gasteiger partial charge < -0.3 is 9.47 Å². The fourth-order valence-corrected chi connectivity index (χ4v) is 1.70. The summed E-state index contributed by atoms with van der Waals surface area (Å²) < 4.78 is 12.3. The van der Waals surface area contributed by atoms with Crippen molar-refractivity contribution in [3.8, 4) is 5.75 Å². The maximum Gasteiger partial charge on any atom is 0.215 e. The summed E-state index contributed by atoms with van der Waals surface area (Å²) in [5.74, 6) is 0.375. The zero-order valence-electron chi connectivity index (χ0n) is 11.1. The second kappa shape index (κ2) is 5.31. The molecule has 0 saturated carbocycles. The van der Waals surface area contributed by atoms with E-state index in [0.717, 1.165) is 0 Å². The number of methoxy groups -OCH3 is 1. The van der Waals surface area contributed by atoms with E-state index in [2.05, 4.69) is 5.10 Å². The van der Waals surface area contributed by atoms with E-state index in [-0.39, 0.29) is 5.78 Å². The molecule has 1 aromatic rings. The van der Waals surface area contributed by atoms with Crippen LogP contribution >= 0.6 is 0 Å². The van der Waals surface area contributed by atoms with Crippen molar-refractivity contribution in [1.29, 1.82) is 0 Å². The number of carbonyl (C=O) groups is 1. The molecular weight excluding hydrogens is 220 g/mol. The highest BCUT2D eigenvalue weighted by molar-refractivity contribution is 6.02. The number of aromatic nitrogens is 2. The van der Waals surface area contributed by atoms with E-state index in [1.807, 2.05) is 13.8 Å². The SMILES string of the molecule is CCOC(C)(C)C(=O)c1c(OC)cnn1CC. The summed E-state index contributed by atoms with van der Waals surface area (Å²) in [4.78, 5) is 12.4. The molecule has 0 N–H and O–H groups in total. The van der Waals surface area contributed by atoms with Gasteiger partial charge in [-0.25, -0.2) is 0 Å². The molecule has 5 heteroatoms. The minimum absolute atomic E-state index is 0.115. The molecule has 96 valence electrons. The van der Waals surface area contributed by atoms with Crippen molar-refractivity contribution in [2.75, 3.05) is 13.7 Å². The summed E-state index contributed by atoms with van der Waals surface area (Å²) in [6.07, 6.45) is 1.55. The summed E-state index contributed by atoms with van der Waals surface area (Å²) in [6, 6.07) is 0. The highest BCUT2D eigenvalue weighted by Gasteiger charge is 2.34. The molecule has 0 atom stereocenters. The molecule has 1 rings (SSSR count). The number of hydrogen-bond donors (Lipinski definition) is 0. The molecule has 0 unspecified atom stereocenters. The Morgan fingerprint density at radius 2 is 2.12 bits per heavy atom. The van der Waals surface area contributed by atoms with Gasteiger partial charge in [-0.2, -0.15) is 5.10 Å². The minimum Gasteiger partial charge on any atom is -0.493 e. The second-order valence-electron chi connectivity index (χ2n) is 4.15. The molecule has 0 aromatic carbocycles. The summed E-state index contributed by atoms with van der Waals surface area (Å²) in [5, 5.41) is 4.12. The molecular formula is C12H20N2O3. The fraction of sp³-hybridized carbons (Fsp3) is 0.667. The Labute approximate surface area is 102 Å². The normalized spacial score (nSPS) is 11.6. The van der Waals surface area contributed by atoms with Crippen LogP contribution in [0.4, 0.5) is 0 Å². The molecule has 0 aliphatic rings. The van der Waals surface area contributed by atoms with E-state index >= 15 is 0 Å². The summed E-state index contributed by atoms with van der Waals surface area (Å²) in [6.45, 7) is 8.41. The fourth-order valence-electron chi connectivity index (χ4n) is 1.70. The van der Waals surface area contributed by atoms with Gasteiger partial charge in [0.15, 0.2) is 5.75 Å². The highest BCUT2D eigenvalue weighted by atomic mass is 16.5. The highest BCUT2D eigenvalue weighted by Crippen LogP contribution is 2.24. The first-order chi connectivity index (χ1) is 7.97. The van der Waals surface area contributed by atoms with Crippen LogP contribution in [0.2, 0.25) is 0 Å². The van der Waals surface area contributed by atoms with E-state index in [1.165, 1.54) is 7.11 Å². The molecule has 17 heavy (non-hydrogen) atoms. The first kappa shape index (κ1) is 13.7. The third-order valence-corrected chi connectivity index (χ3v) is 2.59. The number of ether oxygens (including phenoxy) is 2. The molecule has 0 radical (unpaired) electrons. The standard InChI is InChI=1S/C12H20N2O3/c1-6-14-10(9(16-5)8-13-14)11(15)12(3,4)17-7-2/h8H,6-7H2,1-5H3. The summed E-state index contributed by atoms with van der Waals surface area (Å²) >= 11 is 0. The monoisotopic (exact) mass is 240 g/mol. The van der Waals surface area contributed by atoms with Crippen molar-refractivity contribution in [3.05, 3.63) is 11.9 Å². The van der Waals surface area contributed by atoms with Gasteiger partial charge in [-0.05, 0) is 27.7 Å². The smallest absolute Gasteiger partial charge is 0.215 e. The molecule has 0 bridgehead atoms. The predicted octanol–water partition coefficient (Wildman–Crippen LogP) is 1.91. The topological polar surface area (TPSA) is 53.4 Å². The Morgan fingerprint density at radius 1 is 1.47 bits per heavy atom. The van der Waals surface area contributed by atoms with Crippen molar-refractivity contribution in [1.82, 2.24) is 9.78 Å². The average Bonchev–Trinajstić information content (AvgIpc) is 2.70. The van der Waals surface area contributed by atoms with Gasteiger partial charge >= 0.3 is 0 Å². The van der Waals surface area contributed by atoms with Crippen molar-refractivity contribution in [2.24, 2.45) is 0 Å². The summed E-state index contributed by atoms with van der Waals surface area (Å²) in [5.41, 5.74) is -0.400. The first-order valence-corrected chi connectivity index (χ1v) is 5.76. The zero-order valence-corrected chi connectivity index (χ0v) is 11.1. The van der Waals surface area contributed by atoms with Gasteiger partial charge in [0.1, 0.15) is 11.3 Å². The van der Waals surface area contributed by atoms with Gasteiger partial charge in [0.2, 0.25) is 5.78 Å². The quantitative estimate of drug-likeness (QED) is 0.713. The third kappa shape index (κ3) is 2.66. The Balaban J connectivity index is 3.14. The van der Waals surface area contributed by atoms with Crippen LogP contribution in [0, 0.1) is 0 Å². The van der Waals surface area contributed by atoms with E-state index in [9.17, 15) is 4.79 Å². The molecule has 0 saturated heterocycles. The first-order valence-electron chi connectivity index (χ1n) is 5.76. The van der Waals surface area contributed by atoms with E-state index in [1.54, 1.807) is 24.7 Å². The van der Waals surface area contributed by atoms with Gasteiger partial charge in [0, 0.05) is 13.2 Å². The van der Waals surface area contributed by atoms with E-state index in [4.69, 9.17) is 9.47 Å². The Morgan fingerprint density at radius 3 is 2.59 bits per heavy atom. The number of ketones is 1. The molecule has 0 amide bonds. The van der Waals surface area contributed by atoms with Gasteiger partial charge in [0.05, 0.1) is 13.3 Å². The molecule has 0 aliphatic carbocycles. The Kier molecular flexibility index (Phi) is 4.28. The number of nitrogens with zero attached hydrogens (tertiary/aromatic N) is 2. The van der Waals surface area contributed by atoms with Gasteiger partial charge in [-0.1, -0.05) is 0 Å². The lowest BCUT2D eigenvalue weighted by Crippen LogP contribution is -2.36. The number of carbonyl (C=O) groups excluding carboxylic acids is 1. The number of rotatable bonds is 6. The largest absolute Gasteiger partial charge is 0.493 e. The van der Waals surface area contributed by atoms with Crippen LogP contribution in [-0.2, 0) is 11.3 Å². The van der Waals surface area contributed by atoms with Crippen LogP contribution in [0.5, 0.6) is 5.75 Å². The lowest BCUT2D eigenvalue weighted by atomic mass is 10.00. The maximum absolute atomic E-state index is 12.4. The van der Waals surface area contributed by atoms with E-state index in [0.29, 0.717) is 24.6 Å². The molecule has 0 spiro atoms. The average molecular weight is 240 g/mol. The van der Waals surface area contributed by atoms with Crippen molar-refractivity contribution >= 4 is 5.78 Å². The van der Waals surface area contributed by atoms with Crippen LogP contribution in [0.3, 0.4) is 0 Å². The van der Waals surface area contributed by atoms with Crippen LogP contribution < -0.4 is 4.74 Å². The summed E-state index contributed by atoms with van der Waals surface area (Å²) in [7, 11) is 1.53. The van der Waals surface area contributed by atoms with Crippen molar-refractivity contribution in [3.63, 3.8) is 0 Å². The number of aryl methyl sites for hydroxylation is 1. The maximum atomic E-state index is 12.4. The third-order valence-electron chi connectivity index (χ3n) is 2.59. The predicted molar refractivity (Wildman–Crippen MR) is 64.5 cm³/mol. The Hall–Kier alpha value is -1.36. The van der Waals surface area contributed by atoms with Gasteiger partial charge in [-0.15, -0.1) is 0 Å². The number of hydrogen-bond acceptors (Lipinski definition) is 4. The second-order valence-corrected chi connectivity index (χ2v) is 4.15. The van der Waals surface area contributed by atoms with Crippen LogP contribution in [-0.4, -0.2) is 34.9 Å². The zero-order chi connectivity index (χ0) is 13.1. The van der Waals surface area contributed by atoms with Gasteiger partial charge in [0.25, 0.3) is 0 Å².